The molecule has 0 aromatic carbocycles. The number of thiazole rings is 1. The van der Waals surface area contributed by atoms with E-state index in [2.05, 4.69) is 30.6 Å². The van der Waals surface area contributed by atoms with Gasteiger partial charge in [0.15, 0.2) is 5.13 Å². The van der Waals surface area contributed by atoms with Crippen molar-refractivity contribution in [3.05, 3.63) is 45.5 Å². The summed E-state index contributed by atoms with van der Waals surface area (Å²) < 4.78 is 37.0. The number of hydrogen-bond acceptors (Lipinski definition) is 8. The lowest BCUT2D eigenvalue weighted by Gasteiger charge is -2.26. The Balaban J connectivity index is 0.000000339. The molecule has 0 saturated heterocycles. The van der Waals surface area contributed by atoms with Gasteiger partial charge in [0.2, 0.25) is 0 Å². The Hall–Kier alpha value is -2.93. The Morgan fingerprint density at radius 1 is 1.42 bits per heavy atom. The molecular formula is C18H21F3N6O3S. The minimum Gasteiger partial charge on any atom is -0.475 e. The summed E-state index contributed by atoms with van der Waals surface area (Å²) in [4.78, 5) is 15.5. The zero-order chi connectivity index (χ0) is 22.6. The molecular weight excluding hydrogens is 437 g/mol. The van der Waals surface area contributed by atoms with Crippen LogP contribution in [0.1, 0.15) is 34.0 Å². The molecule has 13 heteroatoms. The molecule has 3 aromatic rings. The molecule has 31 heavy (non-hydrogen) atoms. The highest BCUT2D eigenvalue weighted by Crippen LogP contribution is 2.24. The third-order valence-electron chi connectivity index (χ3n) is 4.74. The van der Waals surface area contributed by atoms with E-state index >= 15 is 0 Å². The second-order valence-electron chi connectivity index (χ2n) is 6.88. The van der Waals surface area contributed by atoms with E-state index in [9.17, 15) is 13.2 Å². The van der Waals surface area contributed by atoms with Crippen molar-refractivity contribution in [1.29, 1.82) is 0 Å². The number of aromatic amines is 1. The van der Waals surface area contributed by atoms with Crippen molar-refractivity contribution in [2.75, 3.05) is 11.9 Å². The number of aliphatic carboxylic acids is 1. The average Bonchev–Trinajstić information content (AvgIpc) is 3.43. The number of aromatic nitrogens is 4. The smallest absolute Gasteiger partial charge is 0.475 e. The third-order valence-corrected chi connectivity index (χ3v) is 5.47. The van der Waals surface area contributed by atoms with Crippen molar-refractivity contribution in [1.82, 2.24) is 25.2 Å². The Morgan fingerprint density at radius 3 is 2.74 bits per heavy atom. The van der Waals surface area contributed by atoms with Crippen molar-refractivity contribution in [2.24, 2.45) is 0 Å². The molecule has 0 fully saturated rings. The SMILES string of the molecule is Cc1noc(C)c1CN1CCc2c(CNc3nccs3)n[nH]c2C1.O=C(O)C(F)(F)F. The minimum absolute atomic E-state index is 0.712. The molecule has 0 bridgehead atoms. The predicted molar refractivity (Wildman–Crippen MR) is 106 cm³/mol. The summed E-state index contributed by atoms with van der Waals surface area (Å²) in [5, 5.41) is 25.1. The summed E-state index contributed by atoms with van der Waals surface area (Å²) in [7, 11) is 0. The highest BCUT2D eigenvalue weighted by molar-refractivity contribution is 7.13. The fourth-order valence-corrected chi connectivity index (χ4v) is 3.67. The first-order valence-corrected chi connectivity index (χ1v) is 10.2. The molecule has 0 aliphatic carbocycles. The lowest BCUT2D eigenvalue weighted by atomic mass is 10.0. The number of carbonyl (C=O) groups is 1. The van der Waals surface area contributed by atoms with Crippen molar-refractivity contribution in [3.63, 3.8) is 0 Å². The molecule has 1 aliphatic heterocycles. The van der Waals surface area contributed by atoms with Crippen LogP contribution in [0.3, 0.4) is 0 Å². The van der Waals surface area contributed by atoms with E-state index in [0.29, 0.717) is 6.54 Å². The minimum atomic E-state index is -5.08. The number of H-pyrrole nitrogens is 1. The Kier molecular flexibility index (Phi) is 6.95. The normalized spacial score (nSPS) is 14.0. The predicted octanol–water partition coefficient (Wildman–Crippen LogP) is 3.27. The Bertz CT molecular complexity index is 996. The summed E-state index contributed by atoms with van der Waals surface area (Å²) in [5.74, 6) is -1.84. The number of carboxylic acid groups (broad SMARTS) is 1. The topological polar surface area (TPSA) is 120 Å². The maximum absolute atomic E-state index is 10.6. The van der Waals surface area contributed by atoms with E-state index in [1.807, 2.05) is 19.2 Å². The maximum Gasteiger partial charge on any atom is 0.490 e. The summed E-state index contributed by atoms with van der Waals surface area (Å²) in [6.07, 6.45) is -2.27. The lowest BCUT2D eigenvalue weighted by molar-refractivity contribution is -0.192. The van der Waals surface area contributed by atoms with Crippen molar-refractivity contribution in [2.45, 2.75) is 46.1 Å². The van der Waals surface area contributed by atoms with Crippen LogP contribution in [0.4, 0.5) is 18.3 Å². The summed E-state index contributed by atoms with van der Waals surface area (Å²) >= 11 is 1.60. The van der Waals surface area contributed by atoms with Gasteiger partial charge in [-0.15, -0.1) is 11.3 Å². The number of nitrogens with one attached hydrogen (secondary N) is 2. The van der Waals surface area contributed by atoms with Crippen molar-refractivity contribution >= 4 is 22.4 Å². The van der Waals surface area contributed by atoms with Crippen molar-refractivity contribution in [3.8, 4) is 0 Å². The number of nitrogens with zero attached hydrogens (tertiary/aromatic N) is 4. The Morgan fingerprint density at radius 2 is 2.16 bits per heavy atom. The summed E-state index contributed by atoms with van der Waals surface area (Å²) in [5.41, 5.74) is 5.83. The van der Waals surface area contributed by atoms with Crippen LogP contribution in [0, 0.1) is 13.8 Å². The van der Waals surface area contributed by atoms with Crippen LogP contribution in [0.15, 0.2) is 16.1 Å². The largest absolute Gasteiger partial charge is 0.490 e. The van der Waals surface area contributed by atoms with Gasteiger partial charge in [0.25, 0.3) is 0 Å². The standard InChI is InChI=1S/C16H20N6OS.C2HF3O2/c1-10-13(11(2)23-21-10)8-22-5-3-12-14(19-20-15(12)9-22)7-18-16-17-4-6-24-16;3-2(4,5)1(6)7/h4,6H,3,5,7-9H2,1-2H3,(H,17,18)(H,19,20);(H,6,7). The molecule has 3 aromatic heterocycles. The molecule has 0 spiro atoms. The zero-order valence-electron chi connectivity index (χ0n) is 16.8. The average molecular weight is 458 g/mol. The first-order valence-electron chi connectivity index (χ1n) is 9.27. The van der Waals surface area contributed by atoms with Gasteiger partial charge in [-0.25, -0.2) is 9.78 Å². The fraction of sp³-hybridized carbons (Fsp3) is 0.444. The van der Waals surface area contributed by atoms with Gasteiger partial charge < -0.3 is 14.9 Å². The number of rotatable bonds is 5. The van der Waals surface area contributed by atoms with Gasteiger partial charge >= 0.3 is 12.1 Å². The van der Waals surface area contributed by atoms with Crippen LogP contribution in [0.25, 0.3) is 0 Å². The van der Waals surface area contributed by atoms with E-state index < -0.39 is 12.1 Å². The van der Waals surface area contributed by atoms with Crippen LogP contribution in [0.5, 0.6) is 0 Å². The van der Waals surface area contributed by atoms with Gasteiger partial charge in [-0.05, 0) is 20.3 Å². The highest BCUT2D eigenvalue weighted by atomic mass is 32.1. The monoisotopic (exact) mass is 458 g/mol. The number of aryl methyl sites for hydroxylation is 2. The van der Waals surface area contributed by atoms with Gasteiger partial charge in [-0.2, -0.15) is 18.3 Å². The number of fused-ring (bicyclic) bond motifs is 1. The van der Waals surface area contributed by atoms with Crippen LogP contribution >= 0.6 is 11.3 Å². The van der Waals surface area contributed by atoms with E-state index in [1.165, 1.54) is 16.8 Å². The first kappa shape index (κ1) is 22.7. The quantitative estimate of drug-likeness (QED) is 0.533. The first-order chi connectivity index (χ1) is 14.6. The zero-order valence-corrected chi connectivity index (χ0v) is 17.6. The van der Waals surface area contributed by atoms with Crippen LogP contribution in [0.2, 0.25) is 0 Å². The number of hydrogen-bond donors (Lipinski definition) is 3. The highest BCUT2D eigenvalue weighted by Gasteiger charge is 2.38. The lowest BCUT2D eigenvalue weighted by Crippen LogP contribution is -2.30. The van der Waals surface area contributed by atoms with Gasteiger partial charge in [0.1, 0.15) is 5.76 Å². The van der Waals surface area contributed by atoms with Gasteiger partial charge in [-0.1, -0.05) is 5.16 Å². The number of carboxylic acids is 1. The van der Waals surface area contributed by atoms with Crippen LogP contribution in [-0.2, 0) is 30.8 Å². The molecule has 168 valence electrons. The van der Waals surface area contributed by atoms with E-state index in [-0.39, 0.29) is 0 Å². The molecule has 1 aliphatic rings. The Labute approximate surface area is 179 Å². The maximum atomic E-state index is 10.6. The second kappa shape index (κ2) is 9.47. The number of anilines is 1. The van der Waals surface area contributed by atoms with Gasteiger partial charge in [0.05, 0.1) is 23.6 Å². The molecule has 0 atom stereocenters. The number of halogens is 3. The van der Waals surface area contributed by atoms with Crippen molar-refractivity contribution < 1.29 is 27.6 Å². The second-order valence-corrected chi connectivity index (χ2v) is 7.78. The number of alkyl halides is 3. The third kappa shape index (κ3) is 5.82. The van der Waals surface area contributed by atoms with E-state index in [0.717, 1.165) is 48.3 Å². The molecule has 0 saturated carbocycles. The molecule has 0 unspecified atom stereocenters. The van der Waals surface area contributed by atoms with E-state index in [4.69, 9.17) is 14.4 Å². The van der Waals surface area contributed by atoms with Crippen LogP contribution in [-0.4, -0.2) is 49.0 Å². The van der Waals surface area contributed by atoms with Gasteiger partial charge in [0, 0.05) is 42.3 Å². The molecule has 4 rings (SSSR count). The molecule has 0 amide bonds. The van der Waals surface area contributed by atoms with E-state index in [1.54, 1.807) is 17.5 Å². The fourth-order valence-electron chi connectivity index (χ4n) is 3.15. The molecule has 9 nitrogen and oxygen atoms in total. The summed E-state index contributed by atoms with van der Waals surface area (Å²) in [6, 6.07) is 0. The van der Waals surface area contributed by atoms with Crippen LogP contribution < -0.4 is 5.32 Å². The molecule has 4 heterocycles. The summed E-state index contributed by atoms with van der Waals surface area (Å²) in [6.45, 7) is 7.45. The molecule has 3 N–H and O–H groups in total. The van der Waals surface area contributed by atoms with Gasteiger partial charge in [-0.3, -0.25) is 10.00 Å². The molecule has 0 radical (unpaired) electrons.